The Morgan fingerprint density at radius 3 is 2.67 bits per heavy atom. The van der Waals surface area contributed by atoms with Gasteiger partial charge in [-0.3, -0.25) is 4.79 Å². The number of methoxy groups -OCH3 is 1. The second kappa shape index (κ2) is 10.3. The van der Waals surface area contributed by atoms with E-state index in [0.717, 1.165) is 23.5 Å². The normalized spacial score (nSPS) is 15.9. The molecule has 3 aromatic rings. The molecule has 1 fully saturated rings. The number of piperidine rings is 1. The highest BCUT2D eigenvalue weighted by molar-refractivity contribution is 5.95. The smallest absolute Gasteiger partial charge is 0.416 e. The van der Waals surface area contributed by atoms with Crippen LogP contribution in [0.4, 0.5) is 23.7 Å². The summed E-state index contributed by atoms with van der Waals surface area (Å²) in [4.78, 5) is 31.3. The third kappa shape index (κ3) is 5.78. The summed E-state index contributed by atoms with van der Waals surface area (Å²) in [5, 5.41) is 5.46. The standard InChI is InChI=1S/C25H26F3N5O3/c1-16-13-33(15-29-16)21-9-8-17(11-22(21)36-2)23(34)30-20-7-4-10-32(14-20)24(35)31-19-6-3-5-18(12-19)25(26,27)28/h3,5-6,8-9,11-13,15,20H,4,7,10,14H2,1-2H3,(H,30,34)(H,31,35). The number of rotatable bonds is 5. The molecule has 2 aromatic carbocycles. The van der Waals surface area contributed by atoms with E-state index >= 15 is 0 Å². The van der Waals surface area contributed by atoms with E-state index in [1.807, 2.05) is 13.1 Å². The van der Waals surface area contributed by atoms with Crippen LogP contribution >= 0.6 is 0 Å². The van der Waals surface area contributed by atoms with Crippen molar-refractivity contribution in [3.63, 3.8) is 0 Å². The summed E-state index contributed by atoms with van der Waals surface area (Å²) in [5.41, 5.74) is 1.20. The topological polar surface area (TPSA) is 88.5 Å². The largest absolute Gasteiger partial charge is 0.495 e. The summed E-state index contributed by atoms with van der Waals surface area (Å²) < 4.78 is 46.1. The number of likely N-dealkylation sites (tertiary alicyclic amines) is 1. The van der Waals surface area contributed by atoms with Crippen molar-refractivity contribution in [2.45, 2.75) is 32.0 Å². The number of ether oxygens (including phenoxy) is 1. The number of aromatic nitrogens is 2. The number of nitrogens with one attached hydrogen (secondary N) is 2. The predicted molar refractivity (Wildman–Crippen MR) is 127 cm³/mol. The fourth-order valence-corrected chi connectivity index (χ4v) is 4.11. The molecule has 2 heterocycles. The Bertz CT molecular complexity index is 1260. The van der Waals surface area contributed by atoms with Gasteiger partial charge in [-0.2, -0.15) is 13.2 Å². The van der Waals surface area contributed by atoms with Gasteiger partial charge < -0.3 is 24.8 Å². The fraction of sp³-hybridized carbons (Fsp3) is 0.320. The van der Waals surface area contributed by atoms with Gasteiger partial charge in [0.15, 0.2) is 0 Å². The van der Waals surface area contributed by atoms with E-state index in [-0.39, 0.29) is 24.2 Å². The highest BCUT2D eigenvalue weighted by atomic mass is 19.4. The van der Waals surface area contributed by atoms with Crippen molar-refractivity contribution in [3.05, 3.63) is 71.8 Å². The highest BCUT2D eigenvalue weighted by Gasteiger charge is 2.31. The number of benzene rings is 2. The molecule has 1 aromatic heterocycles. The number of carbonyl (C=O) groups excluding carboxylic acids is 2. The van der Waals surface area contributed by atoms with E-state index in [4.69, 9.17) is 4.74 Å². The number of amides is 3. The molecule has 0 bridgehead atoms. The molecule has 1 atom stereocenters. The number of alkyl halides is 3. The molecule has 3 amide bonds. The van der Waals surface area contributed by atoms with Crippen molar-refractivity contribution in [1.82, 2.24) is 19.8 Å². The molecule has 4 rings (SSSR count). The number of aryl methyl sites for hydroxylation is 1. The van der Waals surface area contributed by atoms with Gasteiger partial charge in [0.1, 0.15) is 5.75 Å². The Labute approximate surface area is 206 Å². The van der Waals surface area contributed by atoms with E-state index in [0.29, 0.717) is 30.7 Å². The molecule has 0 radical (unpaired) electrons. The molecule has 8 nitrogen and oxygen atoms in total. The lowest BCUT2D eigenvalue weighted by Crippen LogP contribution is -2.50. The van der Waals surface area contributed by atoms with Gasteiger partial charge >= 0.3 is 12.2 Å². The van der Waals surface area contributed by atoms with Crippen molar-refractivity contribution in [1.29, 1.82) is 0 Å². The second-order valence-electron chi connectivity index (χ2n) is 8.58. The van der Waals surface area contributed by atoms with Crippen LogP contribution in [0, 0.1) is 6.92 Å². The minimum atomic E-state index is -4.50. The van der Waals surface area contributed by atoms with Crippen LogP contribution in [0.25, 0.3) is 5.69 Å². The van der Waals surface area contributed by atoms with Crippen LogP contribution in [0.1, 0.15) is 34.5 Å². The number of hydrogen-bond donors (Lipinski definition) is 2. The molecule has 1 saturated heterocycles. The van der Waals surface area contributed by atoms with Crippen molar-refractivity contribution in [2.75, 3.05) is 25.5 Å². The zero-order valence-electron chi connectivity index (χ0n) is 19.8. The summed E-state index contributed by atoms with van der Waals surface area (Å²) in [5.74, 6) is 0.192. The number of carbonyl (C=O) groups is 2. The Morgan fingerprint density at radius 1 is 1.17 bits per heavy atom. The molecule has 0 spiro atoms. The van der Waals surface area contributed by atoms with Gasteiger partial charge in [-0.05, 0) is 56.2 Å². The maximum atomic E-state index is 13.0. The molecule has 1 unspecified atom stereocenters. The molecular weight excluding hydrogens is 475 g/mol. The lowest BCUT2D eigenvalue weighted by Gasteiger charge is -2.33. The van der Waals surface area contributed by atoms with E-state index in [9.17, 15) is 22.8 Å². The quantitative estimate of drug-likeness (QED) is 0.534. The Balaban J connectivity index is 1.39. The first-order valence-corrected chi connectivity index (χ1v) is 11.4. The first kappa shape index (κ1) is 25.1. The van der Waals surface area contributed by atoms with Crippen LogP contribution in [0.5, 0.6) is 5.75 Å². The number of anilines is 1. The molecule has 1 aliphatic heterocycles. The number of urea groups is 1. The zero-order chi connectivity index (χ0) is 25.9. The van der Waals surface area contributed by atoms with Crippen molar-refractivity contribution in [2.24, 2.45) is 0 Å². The molecule has 0 saturated carbocycles. The van der Waals surface area contributed by atoms with Gasteiger partial charge in [0, 0.05) is 36.6 Å². The minimum absolute atomic E-state index is 0.0567. The molecular formula is C25H26F3N5O3. The first-order valence-electron chi connectivity index (χ1n) is 11.4. The molecule has 1 aliphatic rings. The van der Waals surface area contributed by atoms with Crippen molar-refractivity contribution >= 4 is 17.6 Å². The van der Waals surface area contributed by atoms with Gasteiger partial charge in [0.05, 0.1) is 30.4 Å². The summed E-state index contributed by atoms with van der Waals surface area (Å²) in [6.07, 6.45) is 0.318. The lowest BCUT2D eigenvalue weighted by molar-refractivity contribution is -0.137. The van der Waals surface area contributed by atoms with E-state index in [2.05, 4.69) is 15.6 Å². The minimum Gasteiger partial charge on any atom is -0.495 e. The van der Waals surface area contributed by atoms with E-state index < -0.39 is 17.8 Å². The van der Waals surface area contributed by atoms with Crippen LogP contribution in [0.3, 0.4) is 0 Å². The van der Waals surface area contributed by atoms with Crippen LogP contribution in [0.15, 0.2) is 55.0 Å². The highest BCUT2D eigenvalue weighted by Crippen LogP contribution is 2.31. The molecule has 2 N–H and O–H groups in total. The number of imidazole rings is 1. The van der Waals surface area contributed by atoms with Crippen LogP contribution in [-0.2, 0) is 6.18 Å². The first-order chi connectivity index (χ1) is 17.1. The molecule has 190 valence electrons. The number of halogens is 3. The summed E-state index contributed by atoms with van der Waals surface area (Å²) in [7, 11) is 1.52. The van der Waals surface area contributed by atoms with Gasteiger partial charge in [0.2, 0.25) is 0 Å². The molecule has 11 heteroatoms. The maximum Gasteiger partial charge on any atom is 0.416 e. The van der Waals surface area contributed by atoms with Crippen LogP contribution in [0.2, 0.25) is 0 Å². The lowest BCUT2D eigenvalue weighted by atomic mass is 10.0. The third-order valence-corrected chi connectivity index (χ3v) is 5.92. The average molecular weight is 502 g/mol. The molecule has 36 heavy (non-hydrogen) atoms. The second-order valence-corrected chi connectivity index (χ2v) is 8.58. The number of hydrogen-bond acceptors (Lipinski definition) is 4. The monoisotopic (exact) mass is 501 g/mol. The molecule has 0 aliphatic carbocycles. The van der Waals surface area contributed by atoms with Crippen molar-refractivity contribution < 1.29 is 27.5 Å². The summed E-state index contributed by atoms with van der Waals surface area (Å²) in [6, 6.07) is 8.75. The third-order valence-electron chi connectivity index (χ3n) is 5.92. The van der Waals surface area contributed by atoms with Gasteiger partial charge in [0.25, 0.3) is 5.91 Å². The Kier molecular flexibility index (Phi) is 7.18. The summed E-state index contributed by atoms with van der Waals surface area (Å²) in [6.45, 7) is 2.54. The van der Waals surface area contributed by atoms with Gasteiger partial charge in [-0.15, -0.1) is 0 Å². The van der Waals surface area contributed by atoms with Gasteiger partial charge in [-0.1, -0.05) is 6.07 Å². The summed E-state index contributed by atoms with van der Waals surface area (Å²) >= 11 is 0. The average Bonchev–Trinajstić information content (AvgIpc) is 3.29. The van der Waals surface area contributed by atoms with Crippen LogP contribution < -0.4 is 15.4 Å². The SMILES string of the molecule is COc1cc(C(=O)NC2CCCN(C(=O)Nc3cccc(C(F)(F)F)c3)C2)ccc1-n1cnc(C)c1. The van der Waals surface area contributed by atoms with Crippen molar-refractivity contribution in [3.8, 4) is 11.4 Å². The fourth-order valence-electron chi connectivity index (χ4n) is 4.11. The van der Waals surface area contributed by atoms with Gasteiger partial charge in [-0.25, -0.2) is 9.78 Å². The Hall–Kier alpha value is -4.02. The zero-order valence-corrected chi connectivity index (χ0v) is 19.8. The predicted octanol–water partition coefficient (Wildman–Crippen LogP) is 4.63. The van der Waals surface area contributed by atoms with E-state index in [1.165, 1.54) is 24.1 Å². The Morgan fingerprint density at radius 2 is 1.97 bits per heavy atom. The number of nitrogens with zero attached hydrogens (tertiary/aromatic N) is 3. The van der Waals surface area contributed by atoms with E-state index in [1.54, 1.807) is 29.1 Å². The maximum absolute atomic E-state index is 13.0. The van der Waals surface area contributed by atoms with Crippen LogP contribution in [-0.4, -0.2) is 52.6 Å².